The lowest BCUT2D eigenvalue weighted by molar-refractivity contribution is 0.0951. The Morgan fingerprint density at radius 1 is 1.03 bits per heavy atom. The molecule has 0 saturated heterocycles. The van der Waals surface area contributed by atoms with Gasteiger partial charge in [-0.05, 0) is 35.2 Å². The quantitative estimate of drug-likeness (QED) is 0.605. The van der Waals surface area contributed by atoms with Gasteiger partial charge in [-0.3, -0.25) is 4.79 Å². The number of amides is 1. The SMILES string of the molecule is C[C@@H](CNC(=O)c1ccc2c(c1)N(Cc1ccccc1)CCS2)c1ccccc1. The van der Waals surface area contributed by atoms with E-state index in [4.69, 9.17) is 0 Å². The van der Waals surface area contributed by atoms with Gasteiger partial charge < -0.3 is 10.2 Å². The van der Waals surface area contributed by atoms with Crippen molar-refractivity contribution in [3.05, 3.63) is 95.6 Å². The third-order valence-corrected chi connectivity index (χ3v) is 6.38. The topological polar surface area (TPSA) is 32.3 Å². The molecule has 1 atom stereocenters. The normalized spacial score (nSPS) is 14.2. The maximum atomic E-state index is 12.8. The average Bonchev–Trinajstić information content (AvgIpc) is 2.78. The Morgan fingerprint density at radius 2 is 1.76 bits per heavy atom. The van der Waals surface area contributed by atoms with Crippen LogP contribution in [0.5, 0.6) is 0 Å². The lowest BCUT2D eigenvalue weighted by Gasteiger charge is -2.31. The summed E-state index contributed by atoms with van der Waals surface area (Å²) in [5, 5.41) is 3.10. The molecule has 0 spiro atoms. The van der Waals surface area contributed by atoms with E-state index in [-0.39, 0.29) is 11.8 Å². The molecule has 0 bridgehead atoms. The first-order chi connectivity index (χ1) is 14.2. The lowest BCUT2D eigenvalue weighted by Crippen LogP contribution is -2.30. The molecule has 0 aliphatic carbocycles. The van der Waals surface area contributed by atoms with Gasteiger partial charge in [-0.1, -0.05) is 67.6 Å². The van der Waals surface area contributed by atoms with Gasteiger partial charge in [0.25, 0.3) is 5.91 Å². The molecule has 3 nitrogen and oxygen atoms in total. The second-order valence-corrected chi connectivity index (χ2v) is 8.60. The van der Waals surface area contributed by atoms with E-state index in [2.05, 4.69) is 59.6 Å². The van der Waals surface area contributed by atoms with Crippen molar-refractivity contribution in [1.82, 2.24) is 5.32 Å². The van der Waals surface area contributed by atoms with E-state index in [1.807, 2.05) is 48.2 Å². The van der Waals surface area contributed by atoms with Crippen LogP contribution < -0.4 is 10.2 Å². The zero-order valence-corrected chi connectivity index (χ0v) is 17.5. The minimum atomic E-state index is -0.00850. The molecule has 3 aromatic rings. The van der Waals surface area contributed by atoms with Crippen molar-refractivity contribution in [2.75, 3.05) is 23.7 Å². The zero-order valence-electron chi connectivity index (χ0n) is 16.7. The van der Waals surface area contributed by atoms with Crippen LogP contribution in [0.2, 0.25) is 0 Å². The highest BCUT2D eigenvalue weighted by molar-refractivity contribution is 7.99. The number of benzene rings is 3. The van der Waals surface area contributed by atoms with Gasteiger partial charge >= 0.3 is 0 Å². The number of carbonyl (C=O) groups is 1. The number of thioether (sulfide) groups is 1. The number of anilines is 1. The molecule has 148 valence electrons. The lowest BCUT2D eigenvalue weighted by atomic mass is 10.0. The van der Waals surface area contributed by atoms with Crippen LogP contribution in [0.15, 0.2) is 83.8 Å². The van der Waals surface area contributed by atoms with Crippen LogP contribution in [-0.4, -0.2) is 24.7 Å². The van der Waals surface area contributed by atoms with Crippen molar-refractivity contribution in [3.8, 4) is 0 Å². The fraction of sp³-hybridized carbons (Fsp3) is 0.240. The van der Waals surface area contributed by atoms with E-state index in [1.165, 1.54) is 16.0 Å². The Kier molecular flexibility index (Phi) is 6.20. The van der Waals surface area contributed by atoms with Gasteiger partial charge in [0.15, 0.2) is 0 Å². The first kappa shape index (κ1) is 19.6. The maximum Gasteiger partial charge on any atom is 0.251 e. The number of nitrogens with zero attached hydrogens (tertiary/aromatic N) is 1. The van der Waals surface area contributed by atoms with Gasteiger partial charge in [0.2, 0.25) is 0 Å². The summed E-state index contributed by atoms with van der Waals surface area (Å²) in [5.41, 5.74) is 4.42. The monoisotopic (exact) mass is 402 g/mol. The summed E-state index contributed by atoms with van der Waals surface area (Å²) in [7, 11) is 0. The van der Waals surface area contributed by atoms with Gasteiger partial charge in [-0.15, -0.1) is 11.8 Å². The minimum absolute atomic E-state index is 0.00850. The molecule has 1 amide bonds. The van der Waals surface area contributed by atoms with Crippen molar-refractivity contribution in [3.63, 3.8) is 0 Å². The summed E-state index contributed by atoms with van der Waals surface area (Å²) >= 11 is 1.87. The smallest absolute Gasteiger partial charge is 0.251 e. The molecule has 0 fully saturated rings. The number of hydrogen-bond donors (Lipinski definition) is 1. The molecule has 0 aromatic heterocycles. The number of hydrogen-bond acceptors (Lipinski definition) is 3. The van der Waals surface area contributed by atoms with Crippen molar-refractivity contribution in [1.29, 1.82) is 0 Å². The Labute approximate surface area is 177 Å². The molecule has 1 heterocycles. The molecule has 0 radical (unpaired) electrons. The molecule has 1 N–H and O–H groups in total. The first-order valence-corrected chi connectivity index (χ1v) is 11.1. The van der Waals surface area contributed by atoms with E-state index < -0.39 is 0 Å². The Balaban J connectivity index is 1.46. The summed E-state index contributed by atoms with van der Waals surface area (Å²) < 4.78 is 0. The summed E-state index contributed by atoms with van der Waals surface area (Å²) in [5.74, 6) is 1.34. The minimum Gasteiger partial charge on any atom is -0.365 e. The van der Waals surface area contributed by atoms with Crippen molar-refractivity contribution in [2.24, 2.45) is 0 Å². The van der Waals surface area contributed by atoms with Gasteiger partial charge in [-0.2, -0.15) is 0 Å². The largest absolute Gasteiger partial charge is 0.365 e. The molecule has 0 unspecified atom stereocenters. The van der Waals surface area contributed by atoms with Crippen LogP contribution in [0.4, 0.5) is 5.69 Å². The number of fused-ring (bicyclic) bond motifs is 1. The standard InChI is InChI=1S/C25H26N2OS/c1-19(21-10-6-3-7-11-21)17-26-25(28)22-12-13-24-23(16-22)27(14-15-29-24)18-20-8-4-2-5-9-20/h2-13,16,19H,14-15,17-18H2,1H3,(H,26,28)/t19-/m0/s1. The fourth-order valence-electron chi connectivity index (χ4n) is 3.63. The van der Waals surface area contributed by atoms with Crippen LogP contribution in [0.25, 0.3) is 0 Å². The van der Waals surface area contributed by atoms with Gasteiger partial charge in [-0.25, -0.2) is 0 Å². The molecule has 3 aromatic carbocycles. The Hall–Kier alpha value is -2.72. The number of nitrogens with one attached hydrogen (secondary N) is 1. The first-order valence-electron chi connectivity index (χ1n) is 10.1. The van der Waals surface area contributed by atoms with Crippen LogP contribution in [0.3, 0.4) is 0 Å². The molecule has 29 heavy (non-hydrogen) atoms. The summed E-state index contributed by atoms with van der Waals surface area (Å²) in [6, 6.07) is 26.9. The van der Waals surface area contributed by atoms with Gasteiger partial charge in [0, 0.05) is 35.8 Å². The second kappa shape index (κ2) is 9.19. The Bertz CT molecular complexity index is 959. The third kappa shape index (κ3) is 4.83. The van der Waals surface area contributed by atoms with Crippen LogP contribution >= 0.6 is 11.8 Å². The van der Waals surface area contributed by atoms with E-state index in [0.29, 0.717) is 6.54 Å². The molecule has 4 heteroatoms. The van der Waals surface area contributed by atoms with Crippen LogP contribution in [0.1, 0.15) is 34.3 Å². The van der Waals surface area contributed by atoms with Gasteiger partial charge in [0.1, 0.15) is 0 Å². The van der Waals surface area contributed by atoms with Crippen molar-refractivity contribution in [2.45, 2.75) is 24.3 Å². The van der Waals surface area contributed by atoms with Crippen molar-refractivity contribution < 1.29 is 4.79 Å². The zero-order chi connectivity index (χ0) is 20.1. The highest BCUT2D eigenvalue weighted by Gasteiger charge is 2.20. The maximum absolute atomic E-state index is 12.8. The molecule has 4 rings (SSSR count). The average molecular weight is 403 g/mol. The molecule has 0 saturated carbocycles. The summed E-state index contributed by atoms with van der Waals surface area (Å²) in [4.78, 5) is 16.4. The third-order valence-electron chi connectivity index (χ3n) is 5.33. The van der Waals surface area contributed by atoms with Crippen LogP contribution in [-0.2, 0) is 6.54 Å². The fourth-order valence-corrected chi connectivity index (χ4v) is 4.66. The molecular formula is C25H26N2OS. The highest BCUT2D eigenvalue weighted by Crippen LogP contribution is 2.36. The van der Waals surface area contributed by atoms with Gasteiger partial charge in [0.05, 0.1) is 5.69 Å². The summed E-state index contributed by atoms with van der Waals surface area (Å²) in [6.45, 7) is 4.62. The number of rotatable bonds is 6. The molecule has 1 aliphatic rings. The van der Waals surface area contributed by atoms with E-state index in [1.54, 1.807) is 0 Å². The predicted octanol–water partition coefficient (Wildman–Crippen LogP) is 5.33. The second-order valence-electron chi connectivity index (χ2n) is 7.46. The highest BCUT2D eigenvalue weighted by atomic mass is 32.2. The number of carbonyl (C=O) groups excluding carboxylic acids is 1. The predicted molar refractivity (Wildman–Crippen MR) is 122 cm³/mol. The summed E-state index contributed by atoms with van der Waals surface area (Å²) in [6.07, 6.45) is 0. The van der Waals surface area contributed by atoms with Crippen LogP contribution in [0, 0.1) is 0 Å². The molecule has 1 aliphatic heterocycles. The Morgan fingerprint density at radius 3 is 2.52 bits per heavy atom. The molecular weight excluding hydrogens is 376 g/mol. The van der Waals surface area contributed by atoms with E-state index >= 15 is 0 Å². The van der Waals surface area contributed by atoms with Crippen molar-refractivity contribution >= 4 is 23.4 Å². The van der Waals surface area contributed by atoms with E-state index in [0.717, 1.165) is 30.1 Å². The van der Waals surface area contributed by atoms with E-state index in [9.17, 15) is 4.79 Å².